The molecule has 0 radical (unpaired) electrons. The van der Waals surface area contributed by atoms with Crippen LogP contribution in [0.2, 0.25) is 0 Å². The van der Waals surface area contributed by atoms with Gasteiger partial charge in [0.1, 0.15) is 5.69 Å². The molecule has 0 atom stereocenters. The molecule has 1 saturated carbocycles. The van der Waals surface area contributed by atoms with E-state index >= 15 is 0 Å². The van der Waals surface area contributed by atoms with Gasteiger partial charge in [0.25, 0.3) is 10.0 Å². The average Bonchev–Trinajstić information content (AvgIpc) is 3.37. The first-order chi connectivity index (χ1) is 14.0. The zero-order valence-corrected chi connectivity index (χ0v) is 17.3. The van der Waals surface area contributed by atoms with Crippen molar-refractivity contribution in [3.63, 3.8) is 0 Å². The molecule has 0 spiro atoms. The normalized spacial score (nSPS) is 20.4. The summed E-state index contributed by atoms with van der Waals surface area (Å²) >= 11 is 0. The number of nitrogens with one attached hydrogen (secondary N) is 2. The molecule has 158 valence electrons. The third kappa shape index (κ3) is 4.56. The second-order valence-corrected chi connectivity index (χ2v) is 9.83. The van der Waals surface area contributed by atoms with Gasteiger partial charge in [-0.25, -0.2) is 8.42 Å². The molecule has 3 heterocycles. The lowest BCUT2D eigenvalue weighted by Gasteiger charge is -2.30. The largest absolute Gasteiger partial charge is 0.442 e. The summed E-state index contributed by atoms with van der Waals surface area (Å²) in [6.45, 7) is 0.649. The van der Waals surface area contributed by atoms with Crippen LogP contribution in [0.3, 0.4) is 0 Å². The number of rotatable bonds is 5. The first-order valence-corrected chi connectivity index (χ1v) is 11.9. The van der Waals surface area contributed by atoms with Crippen molar-refractivity contribution in [3.05, 3.63) is 24.4 Å². The van der Waals surface area contributed by atoms with E-state index in [2.05, 4.69) is 15.5 Å². The number of nitrogens with zero attached hydrogens (tertiary/aromatic N) is 2. The highest BCUT2D eigenvalue weighted by Gasteiger charge is 2.34. The van der Waals surface area contributed by atoms with Crippen molar-refractivity contribution < 1.29 is 17.6 Å². The van der Waals surface area contributed by atoms with Crippen LogP contribution in [0.4, 0.5) is 0 Å². The highest BCUT2D eigenvalue weighted by Crippen LogP contribution is 2.28. The zero-order chi connectivity index (χ0) is 20.3. The predicted octanol–water partition coefficient (Wildman–Crippen LogP) is 2.91. The minimum atomic E-state index is -3.71. The van der Waals surface area contributed by atoms with Gasteiger partial charge in [0.2, 0.25) is 11.0 Å². The molecule has 1 saturated heterocycles. The summed E-state index contributed by atoms with van der Waals surface area (Å²) < 4.78 is 32.8. The van der Waals surface area contributed by atoms with E-state index in [4.69, 9.17) is 4.42 Å². The van der Waals surface area contributed by atoms with Crippen molar-refractivity contribution >= 4 is 15.9 Å². The van der Waals surface area contributed by atoms with Gasteiger partial charge >= 0.3 is 0 Å². The molecule has 2 fully saturated rings. The Kier molecular flexibility index (Phi) is 6.05. The van der Waals surface area contributed by atoms with E-state index in [1.54, 1.807) is 18.3 Å². The van der Waals surface area contributed by atoms with E-state index in [0.29, 0.717) is 37.4 Å². The summed E-state index contributed by atoms with van der Waals surface area (Å²) in [4.78, 5) is 12.6. The number of furan rings is 1. The van der Waals surface area contributed by atoms with Crippen LogP contribution in [0.25, 0.3) is 11.5 Å². The summed E-state index contributed by atoms with van der Waals surface area (Å²) in [6.07, 6.45) is 9.59. The number of aromatic nitrogens is 2. The molecule has 2 aliphatic rings. The molecule has 1 aliphatic heterocycles. The van der Waals surface area contributed by atoms with E-state index in [0.717, 1.165) is 12.8 Å². The smallest absolute Gasteiger partial charge is 0.276 e. The van der Waals surface area contributed by atoms with Crippen LogP contribution in [0.5, 0.6) is 0 Å². The molecule has 8 nitrogen and oxygen atoms in total. The summed E-state index contributed by atoms with van der Waals surface area (Å²) in [7, 11) is -3.71. The van der Waals surface area contributed by atoms with Gasteiger partial charge in [-0.2, -0.15) is 9.40 Å². The van der Waals surface area contributed by atoms with Crippen LogP contribution in [0.1, 0.15) is 51.4 Å². The Bertz CT molecular complexity index is 906. The number of carbonyl (C=O) groups excluding carboxylic acids is 1. The number of hydrogen-bond acceptors (Lipinski definition) is 5. The van der Waals surface area contributed by atoms with Crippen LogP contribution in [-0.2, 0) is 14.8 Å². The number of carbonyl (C=O) groups is 1. The van der Waals surface area contributed by atoms with Gasteiger partial charge in [-0.3, -0.25) is 9.89 Å². The van der Waals surface area contributed by atoms with E-state index in [1.807, 2.05) is 0 Å². The topological polar surface area (TPSA) is 108 Å². The van der Waals surface area contributed by atoms with Crippen molar-refractivity contribution in [2.45, 2.75) is 62.5 Å². The number of aromatic amines is 1. The third-order valence-electron chi connectivity index (χ3n) is 5.97. The Morgan fingerprint density at radius 2 is 1.79 bits per heavy atom. The van der Waals surface area contributed by atoms with Gasteiger partial charge in [0, 0.05) is 31.2 Å². The number of H-pyrrole nitrogens is 1. The van der Waals surface area contributed by atoms with E-state index in [-0.39, 0.29) is 23.0 Å². The maximum atomic E-state index is 12.9. The summed E-state index contributed by atoms with van der Waals surface area (Å²) in [5, 5.41) is 9.72. The first-order valence-electron chi connectivity index (χ1n) is 10.4. The van der Waals surface area contributed by atoms with E-state index < -0.39 is 10.0 Å². The van der Waals surface area contributed by atoms with Crippen LogP contribution in [0, 0.1) is 5.92 Å². The Labute approximate surface area is 171 Å². The Morgan fingerprint density at radius 1 is 1.07 bits per heavy atom. The quantitative estimate of drug-likeness (QED) is 0.723. The van der Waals surface area contributed by atoms with Crippen molar-refractivity contribution in [1.82, 2.24) is 19.8 Å². The van der Waals surface area contributed by atoms with Crippen molar-refractivity contribution in [1.29, 1.82) is 0 Å². The molecular weight excluding hydrogens is 392 g/mol. The molecule has 0 unspecified atom stereocenters. The highest BCUT2D eigenvalue weighted by molar-refractivity contribution is 7.89. The molecule has 2 aromatic rings. The summed E-state index contributed by atoms with van der Waals surface area (Å²) in [5.74, 6) is 0.383. The maximum Gasteiger partial charge on any atom is 0.276 e. The number of piperidine rings is 1. The van der Waals surface area contributed by atoms with Crippen LogP contribution < -0.4 is 5.32 Å². The fourth-order valence-corrected chi connectivity index (χ4v) is 5.61. The van der Waals surface area contributed by atoms with Crippen molar-refractivity contribution in [2.75, 3.05) is 13.1 Å². The minimum absolute atomic E-state index is 0.0773. The number of hydrogen-bond donors (Lipinski definition) is 2. The lowest BCUT2D eigenvalue weighted by atomic mass is 9.96. The Hall–Kier alpha value is -2.13. The molecule has 1 amide bonds. The second-order valence-electron chi connectivity index (χ2n) is 7.96. The lowest BCUT2D eigenvalue weighted by molar-refractivity contribution is -0.126. The fourth-order valence-electron chi connectivity index (χ4n) is 4.22. The molecule has 0 bridgehead atoms. The average molecular weight is 421 g/mol. The van der Waals surface area contributed by atoms with Crippen molar-refractivity contribution in [2.24, 2.45) is 5.92 Å². The molecule has 1 aliphatic carbocycles. The van der Waals surface area contributed by atoms with Gasteiger partial charge in [0.15, 0.2) is 5.76 Å². The van der Waals surface area contributed by atoms with Gasteiger partial charge < -0.3 is 9.73 Å². The monoisotopic (exact) mass is 420 g/mol. The SMILES string of the molecule is O=C(NC1CCCCCC1)C1CCN(S(=O)(=O)c2ccc(-c3ccn[nH]3)o2)CC1. The zero-order valence-electron chi connectivity index (χ0n) is 16.5. The molecule has 2 aromatic heterocycles. The van der Waals surface area contributed by atoms with Crippen LogP contribution in [-0.4, -0.2) is 48.0 Å². The van der Waals surface area contributed by atoms with E-state index in [1.165, 1.54) is 36.1 Å². The van der Waals surface area contributed by atoms with Gasteiger partial charge in [-0.05, 0) is 43.9 Å². The van der Waals surface area contributed by atoms with Gasteiger partial charge in [0.05, 0.1) is 0 Å². The summed E-state index contributed by atoms with van der Waals surface area (Å²) in [6, 6.07) is 5.08. The van der Waals surface area contributed by atoms with Crippen molar-refractivity contribution in [3.8, 4) is 11.5 Å². The highest BCUT2D eigenvalue weighted by atomic mass is 32.2. The van der Waals surface area contributed by atoms with Crippen LogP contribution >= 0.6 is 0 Å². The fraction of sp³-hybridized carbons (Fsp3) is 0.600. The molecule has 0 aromatic carbocycles. The van der Waals surface area contributed by atoms with Crippen LogP contribution in [0.15, 0.2) is 33.9 Å². The van der Waals surface area contributed by atoms with Gasteiger partial charge in [-0.15, -0.1) is 0 Å². The third-order valence-corrected chi connectivity index (χ3v) is 7.74. The maximum absolute atomic E-state index is 12.9. The molecular formula is C20H28N4O4S. The second kappa shape index (κ2) is 8.71. The predicted molar refractivity (Wildman–Crippen MR) is 107 cm³/mol. The standard InChI is InChI=1S/C20H28N4O4S/c25-20(22-16-5-3-1-2-4-6-16)15-10-13-24(14-11-15)29(26,27)19-8-7-18(28-19)17-9-12-21-23-17/h7-9,12,15-16H,1-6,10-11,13-14H2,(H,21,23)(H,22,25). The number of amides is 1. The minimum Gasteiger partial charge on any atom is -0.442 e. The number of sulfonamides is 1. The molecule has 29 heavy (non-hydrogen) atoms. The summed E-state index contributed by atoms with van der Waals surface area (Å²) in [5.41, 5.74) is 0.625. The molecule has 9 heteroatoms. The lowest BCUT2D eigenvalue weighted by Crippen LogP contribution is -2.45. The molecule has 4 rings (SSSR count). The first kappa shape index (κ1) is 20.2. The Morgan fingerprint density at radius 3 is 2.45 bits per heavy atom. The Balaban J connectivity index is 1.34. The van der Waals surface area contributed by atoms with E-state index in [9.17, 15) is 13.2 Å². The molecule has 2 N–H and O–H groups in total. The van der Waals surface area contributed by atoms with Gasteiger partial charge in [-0.1, -0.05) is 25.7 Å².